The first-order valence-electron chi connectivity index (χ1n) is 5.07. The molecule has 2 aromatic heterocycles. The highest BCUT2D eigenvalue weighted by Gasteiger charge is 2.14. The smallest absolute Gasteiger partial charge is 0.311 e. The lowest BCUT2D eigenvalue weighted by molar-refractivity contribution is -0.384. The van der Waals surface area contributed by atoms with Gasteiger partial charge in [0.15, 0.2) is 0 Å². The van der Waals surface area contributed by atoms with E-state index in [9.17, 15) is 10.1 Å². The zero-order valence-corrected chi connectivity index (χ0v) is 9.20. The zero-order chi connectivity index (χ0) is 12.4. The molecule has 2 aromatic rings. The monoisotopic (exact) mass is 233 g/mol. The van der Waals surface area contributed by atoms with Crippen molar-refractivity contribution in [3.63, 3.8) is 0 Å². The van der Waals surface area contributed by atoms with Crippen molar-refractivity contribution in [2.24, 2.45) is 0 Å². The van der Waals surface area contributed by atoms with Crippen molar-refractivity contribution in [1.29, 1.82) is 0 Å². The van der Waals surface area contributed by atoms with Gasteiger partial charge >= 0.3 is 5.69 Å². The van der Waals surface area contributed by atoms with E-state index in [4.69, 9.17) is 5.73 Å². The molecule has 0 bridgehead atoms. The summed E-state index contributed by atoms with van der Waals surface area (Å²) >= 11 is 0. The number of rotatable bonds is 3. The largest absolute Gasteiger partial charge is 0.378 e. The van der Waals surface area contributed by atoms with E-state index in [2.05, 4.69) is 9.97 Å². The lowest BCUT2D eigenvalue weighted by atomic mass is 10.3. The number of anilines is 1. The molecule has 88 valence electrons. The van der Waals surface area contributed by atoms with Crippen molar-refractivity contribution >= 4 is 11.5 Å². The quantitative estimate of drug-likeness (QED) is 0.636. The third-order valence-electron chi connectivity index (χ3n) is 2.36. The summed E-state index contributed by atoms with van der Waals surface area (Å²) in [6.45, 7) is 1.97. The van der Waals surface area contributed by atoms with Crippen LogP contribution in [0.5, 0.6) is 0 Å². The van der Waals surface area contributed by atoms with Crippen LogP contribution in [0.2, 0.25) is 0 Å². The number of aromatic nitrogens is 3. The molecule has 0 saturated carbocycles. The highest BCUT2D eigenvalue weighted by molar-refractivity contribution is 5.54. The standard InChI is InChI=1S/C10H11N5O2/c1-2-8-12-5-6-14(8)9-4-3-7(15(16)17)10(11)13-9/h3-6H,2H2,1H3,(H2,11,13). The molecule has 7 heteroatoms. The molecule has 2 heterocycles. The van der Waals surface area contributed by atoms with Gasteiger partial charge in [-0.15, -0.1) is 0 Å². The number of nitrogen functional groups attached to an aromatic ring is 1. The average Bonchev–Trinajstić information content (AvgIpc) is 2.76. The minimum atomic E-state index is -0.555. The van der Waals surface area contributed by atoms with Crippen LogP contribution in [-0.2, 0) is 6.42 Å². The van der Waals surface area contributed by atoms with Crippen LogP contribution >= 0.6 is 0 Å². The summed E-state index contributed by atoms with van der Waals surface area (Å²) in [5.41, 5.74) is 5.35. The van der Waals surface area contributed by atoms with Gasteiger partial charge in [0.25, 0.3) is 0 Å². The average molecular weight is 233 g/mol. The van der Waals surface area contributed by atoms with Gasteiger partial charge in [-0.3, -0.25) is 14.7 Å². The van der Waals surface area contributed by atoms with Crippen LogP contribution in [-0.4, -0.2) is 19.5 Å². The zero-order valence-electron chi connectivity index (χ0n) is 9.20. The Labute approximate surface area is 97.1 Å². The summed E-state index contributed by atoms with van der Waals surface area (Å²) in [4.78, 5) is 18.2. The highest BCUT2D eigenvalue weighted by atomic mass is 16.6. The molecule has 0 aliphatic rings. The molecular formula is C10H11N5O2. The number of nitro groups is 1. The Hall–Kier alpha value is -2.44. The summed E-state index contributed by atoms with van der Waals surface area (Å²) in [5.74, 6) is 1.26. The number of imidazole rings is 1. The third kappa shape index (κ3) is 1.94. The predicted molar refractivity (Wildman–Crippen MR) is 61.8 cm³/mol. The maximum absolute atomic E-state index is 10.6. The Morgan fingerprint density at radius 3 is 2.88 bits per heavy atom. The fourth-order valence-electron chi connectivity index (χ4n) is 1.55. The van der Waals surface area contributed by atoms with E-state index in [1.165, 1.54) is 6.07 Å². The van der Waals surface area contributed by atoms with Gasteiger partial charge in [0.05, 0.1) is 4.92 Å². The lowest BCUT2D eigenvalue weighted by Gasteiger charge is -2.05. The van der Waals surface area contributed by atoms with Crippen LogP contribution in [0, 0.1) is 10.1 Å². The molecule has 0 spiro atoms. The van der Waals surface area contributed by atoms with Gasteiger partial charge in [-0.2, -0.15) is 0 Å². The maximum atomic E-state index is 10.6. The first-order chi connectivity index (χ1) is 8.13. The number of hydrogen-bond donors (Lipinski definition) is 1. The molecule has 0 aromatic carbocycles. The number of aryl methyl sites for hydroxylation is 1. The van der Waals surface area contributed by atoms with Gasteiger partial charge in [-0.25, -0.2) is 9.97 Å². The summed E-state index contributed by atoms with van der Waals surface area (Å²) in [7, 11) is 0. The van der Waals surface area contributed by atoms with Crippen LogP contribution in [0.25, 0.3) is 5.82 Å². The number of pyridine rings is 1. The minimum Gasteiger partial charge on any atom is -0.378 e. The Kier molecular flexibility index (Phi) is 2.73. The van der Waals surface area contributed by atoms with Crippen LogP contribution in [0.3, 0.4) is 0 Å². The molecule has 7 nitrogen and oxygen atoms in total. The Morgan fingerprint density at radius 2 is 2.29 bits per heavy atom. The number of nitrogens with two attached hydrogens (primary N) is 1. The molecule has 0 aliphatic carbocycles. The topological polar surface area (TPSA) is 99.9 Å². The van der Waals surface area contributed by atoms with Crippen LogP contribution in [0.15, 0.2) is 24.5 Å². The third-order valence-corrected chi connectivity index (χ3v) is 2.36. The fourth-order valence-corrected chi connectivity index (χ4v) is 1.55. The molecule has 0 fully saturated rings. The van der Waals surface area contributed by atoms with Gasteiger partial charge in [-0.05, 0) is 6.07 Å². The van der Waals surface area contributed by atoms with E-state index >= 15 is 0 Å². The molecule has 0 radical (unpaired) electrons. The summed E-state index contributed by atoms with van der Waals surface area (Å²) in [5, 5.41) is 10.6. The molecule has 0 amide bonds. The highest BCUT2D eigenvalue weighted by Crippen LogP contribution is 2.20. The van der Waals surface area contributed by atoms with E-state index in [1.807, 2.05) is 6.92 Å². The molecule has 0 atom stereocenters. The van der Waals surface area contributed by atoms with Crippen molar-refractivity contribution in [3.8, 4) is 5.82 Å². The summed E-state index contributed by atoms with van der Waals surface area (Å²) in [6.07, 6.45) is 4.14. The van der Waals surface area contributed by atoms with Crippen molar-refractivity contribution < 1.29 is 4.92 Å². The van der Waals surface area contributed by atoms with E-state index < -0.39 is 4.92 Å². The molecule has 17 heavy (non-hydrogen) atoms. The first-order valence-corrected chi connectivity index (χ1v) is 5.07. The predicted octanol–water partition coefficient (Wildman–Crippen LogP) is 1.32. The second-order valence-corrected chi connectivity index (χ2v) is 3.40. The molecule has 0 aliphatic heterocycles. The fraction of sp³-hybridized carbons (Fsp3) is 0.200. The minimum absolute atomic E-state index is 0.0942. The van der Waals surface area contributed by atoms with E-state index in [1.54, 1.807) is 23.0 Å². The second-order valence-electron chi connectivity index (χ2n) is 3.40. The summed E-state index contributed by atoms with van der Waals surface area (Å²) in [6, 6.07) is 2.90. The van der Waals surface area contributed by atoms with Crippen LogP contribution in [0.4, 0.5) is 11.5 Å². The van der Waals surface area contributed by atoms with E-state index in [-0.39, 0.29) is 11.5 Å². The molecule has 0 saturated heterocycles. The Bertz CT molecular complexity index is 564. The van der Waals surface area contributed by atoms with Gasteiger partial charge in [0.2, 0.25) is 5.82 Å². The maximum Gasteiger partial charge on any atom is 0.311 e. The van der Waals surface area contributed by atoms with E-state index in [0.717, 1.165) is 12.2 Å². The van der Waals surface area contributed by atoms with Gasteiger partial charge in [0.1, 0.15) is 11.6 Å². The van der Waals surface area contributed by atoms with Crippen molar-refractivity contribution in [2.45, 2.75) is 13.3 Å². The van der Waals surface area contributed by atoms with Crippen LogP contribution in [0.1, 0.15) is 12.7 Å². The Morgan fingerprint density at radius 1 is 1.53 bits per heavy atom. The second kappa shape index (κ2) is 4.20. The van der Waals surface area contributed by atoms with Crippen molar-refractivity contribution in [3.05, 3.63) is 40.5 Å². The first kappa shape index (κ1) is 11.1. The van der Waals surface area contributed by atoms with Crippen molar-refractivity contribution in [2.75, 3.05) is 5.73 Å². The number of nitrogens with zero attached hydrogens (tertiary/aromatic N) is 4. The SMILES string of the molecule is CCc1nccn1-c1ccc([N+](=O)[O-])c(N)n1. The number of hydrogen-bond acceptors (Lipinski definition) is 5. The lowest BCUT2D eigenvalue weighted by Crippen LogP contribution is -2.05. The molecule has 2 rings (SSSR count). The van der Waals surface area contributed by atoms with Gasteiger partial charge in [0, 0.05) is 24.9 Å². The van der Waals surface area contributed by atoms with Crippen molar-refractivity contribution in [1.82, 2.24) is 14.5 Å². The normalized spacial score (nSPS) is 10.4. The molecular weight excluding hydrogens is 222 g/mol. The van der Waals surface area contributed by atoms with Gasteiger partial charge in [-0.1, -0.05) is 6.92 Å². The summed E-state index contributed by atoms with van der Waals surface area (Å²) < 4.78 is 1.75. The molecule has 0 unspecified atom stereocenters. The Balaban J connectivity index is 2.48. The van der Waals surface area contributed by atoms with Gasteiger partial charge < -0.3 is 5.73 Å². The van der Waals surface area contributed by atoms with E-state index in [0.29, 0.717) is 5.82 Å². The molecule has 2 N–H and O–H groups in total. The van der Waals surface area contributed by atoms with Crippen LogP contribution < -0.4 is 5.73 Å².